The van der Waals surface area contributed by atoms with Crippen LogP contribution in [0.4, 0.5) is 8.78 Å². The number of esters is 1. The lowest BCUT2D eigenvalue weighted by Gasteiger charge is -2.26. The van der Waals surface area contributed by atoms with Crippen molar-refractivity contribution in [3.8, 4) is 0 Å². The fourth-order valence-electron chi connectivity index (χ4n) is 2.43. The third-order valence-electron chi connectivity index (χ3n) is 3.60. The van der Waals surface area contributed by atoms with Gasteiger partial charge < -0.3 is 10.5 Å². The molecule has 0 amide bonds. The summed E-state index contributed by atoms with van der Waals surface area (Å²) in [5, 5.41) is 0. The Bertz CT molecular complexity index is 614. The quantitative estimate of drug-likeness (QED) is 0.830. The summed E-state index contributed by atoms with van der Waals surface area (Å²) in [6, 6.07) is 11.1. The van der Waals surface area contributed by atoms with E-state index in [4.69, 9.17) is 10.5 Å². The standard InChI is InChI=1S/C18H19F2NO2.ClH/c1-11(21)18(22)23-12(2)17(13-3-7-15(19)8-4-13)14-5-9-16(20)10-6-14;/h3-12,17H,21H2,1-2H3;1H. The molecule has 2 unspecified atom stereocenters. The van der Waals surface area contributed by atoms with Gasteiger partial charge in [-0.3, -0.25) is 4.79 Å². The molecule has 0 saturated carbocycles. The molecule has 0 spiro atoms. The van der Waals surface area contributed by atoms with Crippen LogP contribution < -0.4 is 5.73 Å². The van der Waals surface area contributed by atoms with Gasteiger partial charge in [-0.2, -0.15) is 0 Å². The summed E-state index contributed by atoms with van der Waals surface area (Å²) < 4.78 is 31.7. The summed E-state index contributed by atoms with van der Waals surface area (Å²) in [6.07, 6.45) is -0.538. The van der Waals surface area contributed by atoms with E-state index in [1.54, 1.807) is 38.1 Å². The van der Waals surface area contributed by atoms with Crippen LogP contribution in [0.1, 0.15) is 30.9 Å². The van der Waals surface area contributed by atoms with Crippen LogP contribution in [-0.4, -0.2) is 18.1 Å². The van der Waals surface area contributed by atoms with E-state index in [9.17, 15) is 13.6 Å². The summed E-state index contributed by atoms with van der Waals surface area (Å²) in [7, 11) is 0. The Morgan fingerprint density at radius 1 is 0.917 bits per heavy atom. The van der Waals surface area contributed by atoms with Crippen LogP contribution in [0.25, 0.3) is 0 Å². The average Bonchev–Trinajstić information content (AvgIpc) is 2.51. The number of hydrogen-bond acceptors (Lipinski definition) is 3. The first-order valence-corrected chi connectivity index (χ1v) is 7.35. The van der Waals surface area contributed by atoms with E-state index in [1.165, 1.54) is 24.3 Å². The van der Waals surface area contributed by atoms with E-state index in [0.717, 1.165) is 11.1 Å². The van der Waals surface area contributed by atoms with Gasteiger partial charge in [-0.15, -0.1) is 12.4 Å². The average molecular weight is 356 g/mol. The molecule has 2 N–H and O–H groups in total. The Labute approximate surface area is 146 Å². The monoisotopic (exact) mass is 355 g/mol. The molecule has 3 nitrogen and oxygen atoms in total. The molecule has 130 valence electrons. The lowest BCUT2D eigenvalue weighted by atomic mass is 9.87. The van der Waals surface area contributed by atoms with Crippen LogP contribution in [0.2, 0.25) is 0 Å². The molecule has 0 saturated heterocycles. The molecule has 0 aromatic heterocycles. The molecule has 2 aromatic carbocycles. The molecule has 0 aliphatic heterocycles. The van der Waals surface area contributed by atoms with Gasteiger partial charge in [0.15, 0.2) is 0 Å². The van der Waals surface area contributed by atoms with E-state index in [0.29, 0.717) is 0 Å². The molecular formula is C18H20ClF2NO2. The number of hydrogen-bond donors (Lipinski definition) is 1. The normalized spacial score (nSPS) is 13.1. The predicted octanol–water partition coefficient (Wildman–Crippen LogP) is 3.80. The molecule has 2 rings (SSSR count). The van der Waals surface area contributed by atoms with Crippen molar-refractivity contribution in [2.24, 2.45) is 5.73 Å². The van der Waals surface area contributed by atoms with E-state index < -0.39 is 18.1 Å². The van der Waals surface area contributed by atoms with Gasteiger partial charge in [0.25, 0.3) is 0 Å². The van der Waals surface area contributed by atoms with Crippen molar-refractivity contribution in [3.05, 3.63) is 71.3 Å². The molecule has 0 radical (unpaired) electrons. The first kappa shape index (κ1) is 20.1. The van der Waals surface area contributed by atoms with Crippen LogP contribution in [0.3, 0.4) is 0 Å². The van der Waals surface area contributed by atoms with E-state index in [2.05, 4.69) is 0 Å². The third kappa shape index (κ3) is 5.01. The Kier molecular flexibility index (Phi) is 7.32. The highest BCUT2D eigenvalue weighted by atomic mass is 35.5. The summed E-state index contributed by atoms with van der Waals surface area (Å²) in [4.78, 5) is 11.8. The Balaban J connectivity index is 0.00000288. The molecule has 24 heavy (non-hydrogen) atoms. The fourth-order valence-corrected chi connectivity index (χ4v) is 2.43. The van der Waals surface area contributed by atoms with Crippen molar-refractivity contribution >= 4 is 18.4 Å². The van der Waals surface area contributed by atoms with Crippen molar-refractivity contribution in [1.82, 2.24) is 0 Å². The number of benzene rings is 2. The van der Waals surface area contributed by atoms with Gasteiger partial charge in [0.1, 0.15) is 23.8 Å². The fraction of sp³-hybridized carbons (Fsp3) is 0.278. The lowest BCUT2D eigenvalue weighted by molar-refractivity contribution is -0.149. The molecule has 6 heteroatoms. The second-order valence-electron chi connectivity index (χ2n) is 5.51. The Morgan fingerprint density at radius 3 is 1.62 bits per heavy atom. The summed E-state index contributed by atoms with van der Waals surface area (Å²) in [5.41, 5.74) is 7.06. The van der Waals surface area contributed by atoms with Crippen molar-refractivity contribution in [2.75, 3.05) is 0 Å². The number of halogens is 3. The Hall–Kier alpha value is -1.98. The maximum atomic E-state index is 13.2. The van der Waals surface area contributed by atoms with Gasteiger partial charge in [-0.05, 0) is 49.2 Å². The molecular weight excluding hydrogens is 336 g/mol. The van der Waals surface area contributed by atoms with Gasteiger partial charge in [-0.1, -0.05) is 24.3 Å². The zero-order valence-corrected chi connectivity index (χ0v) is 14.2. The van der Waals surface area contributed by atoms with E-state index >= 15 is 0 Å². The smallest absolute Gasteiger partial charge is 0.322 e. The molecule has 2 atom stereocenters. The SMILES string of the molecule is CC(N)C(=O)OC(C)C(c1ccc(F)cc1)c1ccc(F)cc1.Cl. The molecule has 0 aliphatic carbocycles. The highest BCUT2D eigenvalue weighted by Gasteiger charge is 2.26. The third-order valence-corrected chi connectivity index (χ3v) is 3.60. The number of carbonyl (C=O) groups is 1. The minimum atomic E-state index is -0.737. The highest BCUT2D eigenvalue weighted by Crippen LogP contribution is 2.30. The van der Waals surface area contributed by atoms with Crippen molar-refractivity contribution in [1.29, 1.82) is 0 Å². The number of rotatable bonds is 5. The largest absolute Gasteiger partial charge is 0.461 e. The molecule has 2 aromatic rings. The predicted molar refractivity (Wildman–Crippen MR) is 91.1 cm³/mol. The van der Waals surface area contributed by atoms with Crippen LogP contribution in [0.5, 0.6) is 0 Å². The van der Waals surface area contributed by atoms with Crippen molar-refractivity contribution < 1.29 is 18.3 Å². The summed E-state index contributed by atoms with van der Waals surface area (Å²) in [5.74, 6) is -1.58. The maximum absolute atomic E-state index is 13.2. The van der Waals surface area contributed by atoms with Crippen LogP contribution in [0, 0.1) is 11.6 Å². The second-order valence-corrected chi connectivity index (χ2v) is 5.51. The van der Waals surface area contributed by atoms with Crippen molar-refractivity contribution in [3.63, 3.8) is 0 Å². The number of carbonyl (C=O) groups excluding carboxylic acids is 1. The van der Waals surface area contributed by atoms with Crippen LogP contribution in [-0.2, 0) is 9.53 Å². The number of nitrogens with two attached hydrogens (primary N) is 1. The molecule has 0 aliphatic rings. The minimum absolute atomic E-state index is 0. The summed E-state index contributed by atoms with van der Waals surface area (Å²) >= 11 is 0. The first-order chi connectivity index (χ1) is 10.9. The maximum Gasteiger partial charge on any atom is 0.322 e. The van der Waals surface area contributed by atoms with Gasteiger partial charge in [0.05, 0.1) is 0 Å². The minimum Gasteiger partial charge on any atom is -0.461 e. The van der Waals surface area contributed by atoms with Crippen LogP contribution in [0.15, 0.2) is 48.5 Å². The molecule has 0 fully saturated rings. The molecule has 0 heterocycles. The molecule has 0 bridgehead atoms. The van der Waals surface area contributed by atoms with Gasteiger partial charge >= 0.3 is 5.97 Å². The Morgan fingerprint density at radius 2 is 1.29 bits per heavy atom. The number of ether oxygens (including phenoxy) is 1. The van der Waals surface area contributed by atoms with E-state index in [1.807, 2.05) is 0 Å². The zero-order chi connectivity index (χ0) is 17.0. The van der Waals surface area contributed by atoms with E-state index in [-0.39, 0.29) is 30.0 Å². The first-order valence-electron chi connectivity index (χ1n) is 7.35. The topological polar surface area (TPSA) is 52.3 Å². The van der Waals surface area contributed by atoms with Crippen LogP contribution >= 0.6 is 12.4 Å². The lowest BCUT2D eigenvalue weighted by Crippen LogP contribution is -2.33. The summed E-state index contributed by atoms with van der Waals surface area (Å²) in [6.45, 7) is 3.28. The van der Waals surface area contributed by atoms with Gasteiger partial charge in [0.2, 0.25) is 0 Å². The van der Waals surface area contributed by atoms with Crippen molar-refractivity contribution in [2.45, 2.75) is 31.9 Å². The zero-order valence-electron chi connectivity index (χ0n) is 13.4. The highest BCUT2D eigenvalue weighted by molar-refractivity contribution is 5.85. The van der Waals surface area contributed by atoms with Gasteiger partial charge in [0, 0.05) is 5.92 Å². The van der Waals surface area contributed by atoms with Gasteiger partial charge in [-0.25, -0.2) is 8.78 Å². The second kappa shape index (κ2) is 8.76.